The molecule has 9 nitrogen and oxygen atoms in total. The fourth-order valence-corrected chi connectivity index (χ4v) is 5.95. The van der Waals surface area contributed by atoms with E-state index in [4.69, 9.17) is 15.2 Å². The van der Waals surface area contributed by atoms with Gasteiger partial charge in [-0.2, -0.15) is 0 Å². The second-order valence-electron chi connectivity index (χ2n) is 7.63. The molecule has 2 aromatic heterocycles. The van der Waals surface area contributed by atoms with Crippen molar-refractivity contribution < 1.29 is 24.0 Å². The molecule has 0 aliphatic carbocycles. The van der Waals surface area contributed by atoms with E-state index in [1.54, 1.807) is 19.1 Å². The number of benzene rings is 2. The van der Waals surface area contributed by atoms with Gasteiger partial charge in [0, 0.05) is 33.5 Å². The lowest BCUT2D eigenvalue weighted by Crippen LogP contribution is -2.16. The Balaban J connectivity index is 1.43. The molecule has 1 aliphatic rings. The van der Waals surface area contributed by atoms with Crippen LogP contribution in [0.3, 0.4) is 0 Å². The van der Waals surface area contributed by atoms with Crippen molar-refractivity contribution in [2.24, 2.45) is 5.73 Å². The number of nitrogens with two attached hydrogens (primary N) is 1. The maximum atomic E-state index is 13.0. The molecule has 5 rings (SSSR count). The number of hydrogen-bond donors (Lipinski definition) is 2. The van der Waals surface area contributed by atoms with Crippen molar-refractivity contribution in [2.45, 2.75) is 13.3 Å². The molecule has 34 heavy (non-hydrogen) atoms. The van der Waals surface area contributed by atoms with Crippen LogP contribution in [-0.4, -0.2) is 23.5 Å². The molecular formula is C23H17N3O6S2. The lowest BCUT2D eigenvalue weighted by Gasteiger charge is -2.03. The maximum absolute atomic E-state index is 13.0. The van der Waals surface area contributed by atoms with Gasteiger partial charge in [0.05, 0.1) is 15.4 Å². The summed E-state index contributed by atoms with van der Waals surface area (Å²) >= 11 is 2.50. The van der Waals surface area contributed by atoms with E-state index in [2.05, 4.69) is 5.32 Å². The minimum Gasteiger partial charge on any atom is -0.454 e. The van der Waals surface area contributed by atoms with Crippen molar-refractivity contribution in [1.29, 1.82) is 0 Å². The molecule has 172 valence electrons. The molecule has 2 aromatic carbocycles. The van der Waals surface area contributed by atoms with Gasteiger partial charge in [0.25, 0.3) is 17.5 Å². The molecule has 0 radical (unpaired) electrons. The Kier molecular flexibility index (Phi) is 5.42. The first kappa shape index (κ1) is 21.9. The van der Waals surface area contributed by atoms with Crippen LogP contribution in [0.1, 0.15) is 36.0 Å². The Bertz CT molecular complexity index is 1490. The first-order valence-corrected chi connectivity index (χ1v) is 11.7. The summed E-state index contributed by atoms with van der Waals surface area (Å²) in [7, 11) is 0. The standard InChI is InChI=1S/C23H17N3O6S2/c1-11-18(7-12-2-4-15-16(6-12)32-10-31-15)34-23(20(11)21(24)27)25-22(28)19-9-13-8-14(26(29)30)3-5-17(13)33-19/h2-6,8-9H,7,10H2,1H3,(H2,24,27)(H,25,28). The van der Waals surface area contributed by atoms with Gasteiger partial charge in [-0.05, 0) is 42.3 Å². The Morgan fingerprint density at radius 1 is 1.12 bits per heavy atom. The van der Waals surface area contributed by atoms with Crippen molar-refractivity contribution in [2.75, 3.05) is 12.1 Å². The lowest BCUT2D eigenvalue weighted by atomic mass is 10.1. The second-order valence-corrected chi connectivity index (χ2v) is 9.82. The number of carbonyl (C=O) groups is 2. The zero-order chi connectivity index (χ0) is 24.0. The number of rotatable bonds is 6. The predicted molar refractivity (Wildman–Crippen MR) is 129 cm³/mol. The highest BCUT2D eigenvalue weighted by Gasteiger charge is 2.23. The third kappa shape index (κ3) is 3.95. The van der Waals surface area contributed by atoms with Gasteiger partial charge in [-0.1, -0.05) is 6.07 Å². The molecule has 1 aliphatic heterocycles. The fourth-order valence-electron chi connectivity index (χ4n) is 3.77. The number of non-ortho nitro benzene ring substituents is 1. The molecular weight excluding hydrogens is 478 g/mol. The summed E-state index contributed by atoms with van der Waals surface area (Å²) in [4.78, 5) is 37.0. The van der Waals surface area contributed by atoms with E-state index in [0.717, 1.165) is 15.1 Å². The molecule has 0 atom stereocenters. The van der Waals surface area contributed by atoms with E-state index in [-0.39, 0.29) is 18.0 Å². The van der Waals surface area contributed by atoms with Gasteiger partial charge in [-0.25, -0.2) is 0 Å². The summed E-state index contributed by atoms with van der Waals surface area (Å²) in [6.45, 7) is 1.98. The summed E-state index contributed by atoms with van der Waals surface area (Å²) in [6, 6.07) is 11.7. The average molecular weight is 496 g/mol. The van der Waals surface area contributed by atoms with Crippen LogP contribution >= 0.6 is 22.7 Å². The van der Waals surface area contributed by atoms with Crippen molar-refractivity contribution in [1.82, 2.24) is 0 Å². The van der Waals surface area contributed by atoms with Crippen LogP contribution in [-0.2, 0) is 6.42 Å². The monoisotopic (exact) mass is 495 g/mol. The highest BCUT2D eigenvalue weighted by Crippen LogP contribution is 2.38. The molecule has 0 bridgehead atoms. The zero-order valence-corrected chi connectivity index (χ0v) is 19.4. The number of ether oxygens (including phenoxy) is 2. The molecule has 4 aromatic rings. The van der Waals surface area contributed by atoms with E-state index in [0.29, 0.717) is 38.7 Å². The largest absolute Gasteiger partial charge is 0.454 e. The first-order valence-electron chi connectivity index (χ1n) is 10.1. The predicted octanol–water partition coefficient (Wildman–Crippen LogP) is 4.85. The minimum atomic E-state index is -0.632. The highest BCUT2D eigenvalue weighted by atomic mass is 32.1. The summed E-state index contributed by atoms with van der Waals surface area (Å²) in [6.07, 6.45) is 0.524. The molecule has 0 fully saturated rings. The normalized spacial score (nSPS) is 12.1. The molecule has 3 N–H and O–H groups in total. The van der Waals surface area contributed by atoms with Crippen molar-refractivity contribution in [3.8, 4) is 11.5 Å². The van der Waals surface area contributed by atoms with Gasteiger partial charge >= 0.3 is 0 Å². The topological polar surface area (TPSA) is 134 Å². The first-order chi connectivity index (χ1) is 16.3. The van der Waals surface area contributed by atoms with E-state index < -0.39 is 16.7 Å². The molecule has 11 heteroatoms. The quantitative estimate of drug-likeness (QED) is 0.290. The Morgan fingerprint density at radius 2 is 1.91 bits per heavy atom. The smallest absolute Gasteiger partial charge is 0.270 e. The molecule has 0 spiro atoms. The number of hydrogen-bond acceptors (Lipinski definition) is 8. The Hall–Kier alpha value is -3.96. The molecule has 2 amide bonds. The SMILES string of the molecule is Cc1c(Cc2ccc3c(c2)OCO3)sc(NC(=O)c2cc3cc([N+](=O)[O-])ccc3s2)c1C(N)=O. The number of anilines is 1. The molecule has 0 unspecified atom stereocenters. The summed E-state index contributed by atoms with van der Waals surface area (Å²) < 4.78 is 11.5. The Morgan fingerprint density at radius 3 is 2.68 bits per heavy atom. The Labute approximate surface area is 200 Å². The van der Waals surface area contributed by atoms with Gasteiger partial charge < -0.3 is 20.5 Å². The number of fused-ring (bicyclic) bond motifs is 2. The summed E-state index contributed by atoms with van der Waals surface area (Å²) in [5.74, 6) is 0.307. The van der Waals surface area contributed by atoms with Crippen LogP contribution in [0.5, 0.6) is 11.5 Å². The van der Waals surface area contributed by atoms with Crippen molar-refractivity contribution in [3.05, 3.63) is 79.0 Å². The van der Waals surface area contributed by atoms with Crippen LogP contribution in [0.15, 0.2) is 42.5 Å². The molecule has 0 saturated carbocycles. The van der Waals surface area contributed by atoms with Crippen molar-refractivity contribution >= 4 is 55.3 Å². The van der Waals surface area contributed by atoms with Crippen LogP contribution in [0, 0.1) is 17.0 Å². The second kappa shape index (κ2) is 8.43. The minimum absolute atomic E-state index is 0.0460. The fraction of sp³-hybridized carbons (Fsp3) is 0.130. The number of thiophene rings is 2. The van der Waals surface area contributed by atoms with Crippen LogP contribution < -0.4 is 20.5 Å². The third-order valence-electron chi connectivity index (χ3n) is 5.46. The van der Waals surface area contributed by atoms with E-state index in [1.165, 1.54) is 34.8 Å². The number of amides is 2. The van der Waals surface area contributed by atoms with Gasteiger partial charge in [0.1, 0.15) is 5.00 Å². The summed E-state index contributed by atoms with van der Waals surface area (Å²) in [5.41, 5.74) is 7.53. The number of carbonyl (C=O) groups excluding carboxylic acids is 2. The average Bonchev–Trinajstić information content (AvgIpc) is 3.50. The van der Waals surface area contributed by atoms with Gasteiger partial charge in [-0.15, -0.1) is 22.7 Å². The number of primary amides is 1. The van der Waals surface area contributed by atoms with Crippen LogP contribution in [0.2, 0.25) is 0 Å². The van der Waals surface area contributed by atoms with Crippen LogP contribution in [0.25, 0.3) is 10.1 Å². The van der Waals surface area contributed by atoms with Gasteiger partial charge in [-0.3, -0.25) is 19.7 Å². The van der Waals surface area contributed by atoms with E-state index in [9.17, 15) is 19.7 Å². The number of nitrogens with one attached hydrogen (secondary N) is 1. The van der Waals surface area contributed by atoms with Crippen molar-refractivity contribution in [3.63, 3.8) is 0 Å². The lowest BCUT2D eigenvalue weighted by molar-refractivity contribution is -0.384. The third-order valence-corrected chi connectivity index (χ3v) is 7.78. The molecule has 0 saturated heterocycles. The van der Waals surface area contributed by atoms with E-state index in [1.807, 2.05) is 18.2 Å². The van der Waals surface area contributed by atoms with E-state index >= 15 is 0 Å². The number of nitrogens with zero attached hydrogens (tertiary/aromatic N) is 1. The van der Waals surface area contributed by atoms with Gasteiger partial charge in [0.2, 0.25) is 6.79 Å². The van der Waals surface area contributed by atoms with Gasteiger partial charge in [0.15, 0.2) is 11.5 Å². The van der Waals surface area contributed by atoms with Crippen LogP contribution in [0.4, 0.5) is 10.7 Å². The number of nitro groups is 1. The number of nitro benzene ring substituents is 1. The maximum Gasteiger partial charge on any atom is 0.270 e. The zero-order valence-electron chi connectivity index (χ0n) is 17.7. The highest BCUT2D eigenvalue weighted by molar-refractivity contribution is 7.21. The molecule has 3 heterocycles. The summed E-state index contributed by atoms with van der Waals surface area (Å²) in [5, 5.41) is 14.8.